The molecule has 1 nitrogen and oxygen atoms in total. The lowest BCUT2D eigenvalue weighted by molar-refractivity contribution is -0.659. The van der Waals surface area contributed by atoms with Crippen molar-refractivity contribution < 1.29 is 4.57 Å². The fourth-order valence-corrected chi connectivity index (χ4v) is 5.21. The highest BCUT2D eigenvalue weighted by Gasteiger charge is 2.17. The molecule has 5 rings (SSSR count). The Hall–Kier alpha value is -2.71. The SMILES string of the molecule is Cc1ccc(-c2cc3sc4c5ccccc5ccc4c3c[n+]2C)c(C)c1. The third-order valence-electron chi connectivity index (χ3n) is 5.28. The van der Waals surface area contributed by atoms with Gasteiger partial charge in [0, 0.05) is 26.4 Å². The van der Waals surface area contributed by atoms with Gasteiger partial charge in [0.05, 0.1) is 5.39 Å². The van der Waals surface area contributed by atoms with Crippen LogP contribution in [0.25, 0.3) is 42.2 Å². The van der Waals surface area contributed by atoms with E-state index in [-0.39, 0.29) is 0 Å². The van der Waals surface area contributed by atoms with Gasteiger partial charge in [0.15, 0.2) is 6.20 Å². The first kappa shape index (κ1) is 15.5. The van der Waals surface area contributed by atoms with E-state index >= 15 is 0 Å². The van der Waals surface area contributed by atoms with E-state index in [1.165, 1.54) is 53.3 Å². The molecule has 0 radical (unpaired) electrons. The molecule has 0 unspecified atom stereocenters. The molecule has 0 aliphatic rings. The van der Waals surface area contributed by atoms with Crippen LogP contribution in [0.1, 0.15) is 11.1 Å². The molecule has 0 aliphatic heterocycles. The van der Waals surface area contributed by atoms with Crippen molar-refractivity contribution in [3.63, 3.8) is 0 Å². The van der Waals surface area contributed by atoms with E-state index in [2.05, 4.69) is 92.3 Å². The summed E-state index contributed by atoms with van der Waals surface area (Å²) < 4.78 is 5.00. The Morgan fingerprint density at radius 3 is 2.50 bits per heavy atom. The summed E-state index contributed by atoms with van der Waals surface area (Å²) >= 11 is 1.90. The Kier molecular flexibility index (Phi) is 3.38. The molecule has 2 heterocycles. The van der Waals surface area contributed by atoms with Crippen LogP contribution < -0.4 is 4.57 Å². The summed E-state index contributed by atoms with van der Waals surface area (Å²) in [7, 11) is 2.15. The molecule has 0 saturated carbocycles. The second-order valence-corrected chi connectivity index (χ2v) is 8.18. The number of aryl methyl sites for hydroxylation is 3. The van der Waals surface area contributed by atoms with Gasteiger partial charge in [-0.2, -0.15) is 0 Å². The predicted octanol–water partition coefficient (Wildman–Crippen LogP) is 6.32. The molecule has 126 valence electrons. The summed E-state index contributed by atoms with van der Waals surface area (Å²) in [6, 6.07) is 22.2. The van der Waals surface area contributed by atoms with Crippen molar-refractivity contribution in [3.8, 4) is 11.3 Å². The van der Waals surface area contributed by atoms with Gasteiger partial charge >= 0.3 is 0 Å². The average molecular weight is 354 g/mol. The quantitative estimate of drug-likeness (QED) is 0.310. The van der Waals surface area contributed by atoms with Crippen LogP contribution in [-0.4, -0.2) is 0 Å². The second kappa shape index (κ2) is 5.65. The molecule has 3 aromatic carbocycles. The monoisotopic (exact) mass is 354 g/mol. The molecule has 0 spiro atoms. The summed E-state index contributed by atoms with van der Waals surface area (Å²) in [4.78, 5) is 0. The van der Waals surface area contributed by atoms with Gasteiger partial charge in [-0.05, 0) is 36.2 Å². The molecule has 0 bridgehead atoms. The number of pyridine rings is 1. The summed E-state index contributed by atoms with van der Waals surface area (Å²) in [5.74, 6) is 0. The number of hydrogen-bond acceptors (Lipinski definition) is 1. The standard InChI is InChI=1S/C24H20NS/c1-15-8-10-18(16(2)12-15)22-13-23-21(14-25(22)3)20-11-9-17-6-4-5-7-19(17)24(20)26-23/h4-14H,1-3H3/q+1. The molecule has 0 fully saturated rings. The van der Waals surface area contributed by atoms with Gasteiger partial charge < -0.3 is 0 Å². The van der Waals surface area contributed by atoms with Gasteiger partial charge in [0.2, 0.25) is 5.69 Å². The van der Waals surface area contributed by atoms with Gasteiger partial charge in [-0.3, -0.25) is 0 Å². The van der Waals surface area contributed by atoms with Crippen LogP contribution in [0.2, 0.25) is 0 Å². The molecule has 2 heteroatoms. The number of thiophene rings is 1. The average Bonchev–Trinajstić information content (AvgIpc) is 2.99. The highest BCUT2D eigenvalue weighted by molar-refractivity contribution is 7.26. The summed E-state index contributed by atoms with van der Waals surface area (Å²) in [6.07, 6.45) is 2.29. The first-order chi connectivity index (χ1) is 12.6. The zero-order valence-corrected chi connectivity index (χ0v) is 16.0. The maximum absolute atomic E-state index is 2.35. The Balaban J connectivity index is 1.84. The van der Waals surface area contributed by atoms with Crippen LogP contribution in [0.4, 0.5) is 0 Å². The van der Waals surface area contributed by atoms with Gasteiger partial charge in [0.25, 0.3) is 0 Å². The molecular formula is C24H20NS+. The smallest absolute Gasteiger partial charge is 0.200 e. The number of aromatic nitrogens is 1. The fourth-order valence-electron chi connectivity index (χ4n) is 3.96. The number of fused-ring (bicyclic) bond motifs is 5. The van der Waals surface area contributed by atoms with Crippen LogP contribution in [0.15, 0.2) is 66.9 Å². The van der Waals surface area contributed by atoms with Crippen molar-refractivity contribution in [2.75, 3.05) is 0 Å². The molecule has 26 heavy (non-hydrogen) atoms. The predicted molar refractivity (Wildman–Crippen MR) is 113 cm³/mol. The van der Waals surface area contributed by atoms with Crippen molar-refractivity contribution >= 4 is 42.3 Å². The number of rotatable bonds is 1. The Morgan fingerprint density at radius 1 is 0.808 bits per heavy atom. The molecule has 0 aliphatic carbocycles. The van der Waals surface area contributed by atoms with Gasteiger partial charge in [0.1, 0.15) is 7.05 Å². The lowest BCUT2D eigenvalue weighted by Crippen LogP contribution is -2.30. The van der Waals surface area contributed by atoms with Crippen molar-refractivity contribution in [1.29, 1.82) is 0 Å². The van der Waals surface area contributed by atoms with Crippen molar-refractivity contribution in [3.05, 3.63) is 78.0 Å². The van der Waals surface area contributed by atoms with Crippen LogP contribution in [-0.2, 0) is 7.05 Å². The first-order valence-electron chi connectivity index (χ1n) is 8.93. The zero-order valence-electron chi connectivity index (χ0n) is 15.2. The summed E-state index contributed by atoms with van der Waals surface area (Å²) in [6.45, 7) is 4.35. The Labute approximate surface area is 157 Å². The van der Waals surface area contributed by atoms with E-state index in [0.717, 1.165) is 0 Å². The minimum atomic E-state index is 1.27. The summed E-state index contributed by atoms with van der Waals surface area (Å²) in [5.41, 5.74) is 5.21. The lowest BCUT2D eigenvalue weighted by Gasteiger charge is -2.05. The highest BCUT2D eigenvalue weighted by Crippen LogP contribution is 2.39. The lowest BCUT2D eigenvalue weighted by atomic mass is 10.0. The van der Waals surface area contributed by atoms with Gasteiger partial charge in [-0.25, -0.2) is 4.57 Å². The number of hydrogen-bond donors (Lipinski definition) is 0. The maximum Gasteiger partial charge on any atom is 0.213 e. The van der Waals surface area contributed by atoms with Crippen LogP contribution in [0.5, 0.6) is 0 Å². The number of benzene rings is 3. The van der Waals surface area contributed by atoms with E-state index in [1.54, 1.807) is 0 Å². The van der Waals surface area contributed by atoms with Crippen LogP contribution in [0, 0.1) is 13.8 Å². The molecule has 0 saturated heterocycles. The fraction of sp³-hybridized carbons (Fsp3) is 0.125. The first-order valence-corrected chi connectivity index (χ1v) is 9.75. The molecule has 0 atom stereocenters. The Morgan fingerprint density at radius 2 is 1.65 bits per heavy atom. The van der Waals surface area contributed by atoms with Crippen molar-refractivity contribution in [1.82, 2.24) is 0 Å². The largest absolute Gasteiger partial charge is 0.213 e. The van der Waals surface area contributed by atoms with E-state index in [9.17, 15) is 0 Å². The van der Waals surface area contributed by atoms with E-state index in [0.29, 0.717) is 0 Å². The molecular weight excluding hydrogens is 334 g/mol. The third kappa shape index (κ3) is 2.26. The third-order valence-corrected chi connectivity index (χ3v) is 6.48. The van der Waals surface area contributed by atoms with E-state index < -0.39 is 0 Å². The normalized spacial score (nSPS) is 11.7. The van der Waals surface area contributed by atoms with Crippen LogP contribution >= 0.6 is 11.3 Å². The van der Waals surface area contributed by atoms with Gasteiger partial charge in [-0.1, -0.05) is 54.1 Å². The molecule has 0 N–H and O–H groups in total. The minimum absolute atomic E-state index is 1.27. The number of nitrogens with zero attached hydrogens (tertiary/aromatic N) is 1. The van der Waals surface area contributed by atoms with Crippen molar-refractivity contribution in [2.24, 2.45) is 7.05 Å². The zero-order chi connectivity index (χ0) is 17.8. The highest BCUT2D eigenvalue weighted by atomic mass is 32.1. The van der Waals surface area contributed by atoms with E-state index in [4.69, 9.17) is 0 Å². The Bertz CT molecular complexity index is 1310. The van der Waals surface area contributed by atoms with Crippen molar-refractivity contribution in [2.45, 2.75) is 13.8 Å². The minimum Gasteiger partial charge on any atom is -0.200 e. The van der Waals surface area contributed by atoms with Crippen LogP contribution in [0.3, 0.4) is 0 Å². The molecule has 0 amide bonds. The van der Waals surface area contributed by atoms with Gasteiger partial charge in [-0.15, -0.1) is 11.3 Å². The topological polar surface area (TPSA) is 3.88 Å². The maximum atomic E-state index is 2.35. The van der Waals surface area contributed by atoms with E-state index in [1.807, 2.05) is 11.3 Å². The molecule has 2 aromatic heterocycles. The summed E-state index contributed by atoms with van der Waals surface area (Å²) in [5, 5.41) is 5.35. The second-order valence-electron chi connectivity index (χ2n) is 7.13. The molecule has 5 aromatic rings.